The van der Waals surface area contributed by atoms with Gasteiger partial charge in [-0.3, -0.25) is 9.59 Å². The summed E-state index contributed by atoms with van der Waals surface area (Å²) < 4.78 is 5.23. The first-order chi connectivity index (χ1) is 12.5. The highest BCUT2D eigenvalue weighted by molar-refractivity contribution is 7.13. The Hall–Kier alpha value is -2.22. The van der Waals surface area contributed by atoms with Gasteiger partial charge in [0, 0.05) is 37.9 Å². The van der Waals surface area contributed by atoms with Gasteiger partial charge >= 0.3 is 0 Å². The third-order valence-electron chi connectivity index (χ3n) is 4.41. The fraction of sp³-hybridized carbons (Fsp3) is 0.556. The zero-order valence-corrected chi connectivity index (χ0v) is 15.9. The average molecular weight is 376 g/mol. The van der Waals surface area contributed by atoms with Crippen molar-refractivity contribution in [3.8, 4) is 10.7 Å². The van der Waals surface area contributed by atoms with E-state index in [4.69, 9.17) is 4.52 Å². The number of piperidine rings is 1. The molecule has 2 aromatic heterocycles. The van der Waals surface area contributed by atoms with Crippen LogP contribution in [0, 0.1) is 5.92 Å². The minimum absolute atomic E-state index is 0.00532. The number of rotatable bonds is 6. The highest BCUT2D eigenvalue weighted by atomic mass is 32.1. The van der Waals surface area contributed by atoms with Gasteiger partial charge in [-0.2, -0.15) is 4.98 Å². The van der Waals surface area contributed by atoms with Crippen LogP contribution in [0.25, 0.3) is 10.7 Å². The zero-order valence-electron chi connectivity index (χ0n) is 15.1. The number of hydrogen-bond acceptors (Lipinski definition) is 6. The molecule has 0 bridgehead atoms. The Kier molecular flexibility index (Phi) is 6.03. The van der Waals surface area contributed by atoms with Crippen molar-refractivity contribution in [2.24, 2.45) is 5.92 Å². The van der Waals surface area contributed by atoms with Crippen LogP contribution in [-0.2, 0) is 16.0 Å². The van der Waals surface area contributed by atoms with Crippen molar-refractivity contribution in [3.05, 3.63) is 23.4 Å². The number of nitrogens with zero attached hydrogens (tertiary/aromatic N) is 3. The molecule has 1 saturated heterocycles. The molecule has 7 nitrogen and oxygen atoms in total. The molecular weight excluding hydrogens is 352 g/mol. The van der Waals surface area contributed by atoms with Gasteiger partial charge in [0.25, 0.3) is 0 Å². The zero-order chi connectivity index (χ0) is 18.5. The van der Waals surface area contributed by atoms with E-state index in [1.165, 1.54) is 0 Å². The number of carbonyl (C=O) groups excluding carboxylic acids is 2. The predicted molar refractivity (Wildman–Crippen MR) is 98.5 cm³/mol. The molecule has 0 atom stereocenters. The van der Waals surface area contributed by atoms with Crippen molar-refractivity contribution in [1.29, 1.82) is 0 Å². The molecule has 1 fully saturated rings. The standard InChI is InChI=1S/C18H24N4O3S/c1-12(2)19-18(24)13-7-9-22(10-8-13)16(23)6-5-15-20-17(21-25-15)14-4-3-11-26-14/h3-4,11-13H,5-10H2,1-2H3,(H,19,24). The van der Waals surface area contributed by atoms with E-state index in [1.54, 1.807) is 11.3 Å². The van der Waals surface area contributed by atoms with Crippen molar-refractivity contribution in [3.63, 3.8) is 0 Å². The van der Waals surface area contributed by atoms with Gasteiger partial charge in [0.1, 0.15) is 0 Å². The van der Waals surface area contributed by atoms with Crippen LogP contribution in [0.5, 0.6) is 0 Å². The van der Waals surface area contributed by atoms with Crippen LogP contribution >= 0.6 is 11.3 Å². The summed E-state index contributed by atoms with van der Waals surface area (Å²) in [4.78, 5) is 31.6. The van der Waals surface area contributed by atoms with Crippen molar-refractivity contribution < 1.29 is 14.1 Å². The maximum atomic E-state index is 12.4. The molecule has 0 spiro atoms. The molecule has 8 heteroatoms. The van der Waals surface area contributed by atoms with E-state index < -0.39 is 0 Å². The first-order valence-electron chi connectivity index (χ1n) is 8.97. The quantitative estimate of drug-likeness (QED) is 0.837. The lowest BCUT2D eigenvalue weighted by molar-refractivity contribution is -0.135. The van der Waals surface area contributed by atoms with E-state index >= 15 is 0 Å². The molecule has 140 valence electrons. The smallest absolute Gasteiger partial charge is 0.227 e. The number of aryl methyl sites for hydroxylation is 1. The average Bonchev–Trinajstić information content (AvgIpc) is 3.30. The van der Waals surface area contributed by atoms with Gasteiger partial charge in [-0.1, -0.05) is 11.2 Å². The number of nitrogens with one attached hydrogen (secondary N) is 1. The molecular formula is C18H24N4O3S. The van der Waals surface area contributed by atoms with Gasteiger partial charge in [0.2, 0.25) is 23.5 Å². The molecule has 2 aromatic rings. The molecule has 3 rings (SSSR count). The highest BCUT2D eigenvalue weighted by Crippen LogP contribution is 2.22. The Morgan fingerprint density at radius 2 is 2.15 bits per heavy atom. The second-order valence-corrected chi connectivity index (χ2v) is 7.76. The van der Waals surface area contributed by atoms with Gasteiger partial charge in [-0.25, -0.2) is 0 Å². The Balaban J connectivity index is 1.44. The maximum absolute atomic E-state index is 12.4. The third kappa shape index (κ3) is 4.69. The Morgan fingerprint density at radius 1 is 1.38 bits per heavy atom. The lowest BCUT2D eigenvalue weighted by Gasteiger charge is -2.31. The van der Waals surface area contributed by atoms with Crippen LogP contribution in [0.2, 0.25) is 0 Å². The van der Waals surface area contributed by atoms with Crippen molar-refractivity contribution >= 4 is 23.2 Å². The van der Waals surface area contributed by atoms with Crippen LogP contribution < -0.4 is 5.32 Å². The summed E-state index contributed by atoms with van der Waals surface area (Å²) in [7, 11) is 0. The molecule has 0 saturated carbocycles. The Morgan fingerprint density at radius 3 is 2.81 bits per heavy atom. The third-order valence-corrected chi connectivity index (χ3v) is 5.28. The molecule has 0 unspecified atom stereocenters. The normalized spacial score (nSPS) is 15.4. The lowest BCUT2D eigenvalue weighted by Crippen LogP contribution is -2.44. The summed E-state index contributed by atoms with van der Waals surface area (Å²) in [5.41, 5.74) is 0. The number of thiophene rings is 1. The van der Waals surface area contributed by atoms with Crippen LogP contribution in [0.3, 0.4) is 0 Å². The summed E-state index contributed by atoms with van der Waals surface area (Å²) in [5, 5.41) is 8.86. The molecule has 0 radical (unpaired) electrons. The van der Waals surface area contributed by atoms with Gasteiger partial charge in [-0.15, -0.1) is 11.3 Å². The molecule has 2 amide bonds. The topological polar surface area (TPSA) is 88.3 Å². The van der Waals surface area contributed by atoms with Gasteiger partial charge in [0.05, 0.1) is 4.88 Å². The van der Waals surface area contributed by atoms with Crippen LogP contribution in [0.1, 0.15) is 39.0 Å². The fourth-order valence-corrected chi connectivity index (χ4v) is 3.68. The van der Waals surface area contributed by atoms with Gasteiger partial charge < -0.3 is 14.7 Å². The summed E-state index contributed by atoms with van der Waals surface area (Å²) in [5.74, 6) is 1.22. The highest BCUT2D eigenvalue weighted by Gasteiger charge is 2.27. The van der Waals surface area contributed by atoms with Crippen molar-refractivity contribution in [2.75, 3.05) is 13.1 Å². The van der Waals surface area contributed by atoms with E-state index in [2.05, 4.69) is 15.5 Å². The van der Waals surface area contributed by atoms with E-state index in [1.807, 2.05) is 36.3 Å². The fourth-order valence-electron chi connectivity index (χ4n) is 3.03. The van der Waals surface area contributed by atoms with Crippen molar-refractivity contribution in [1.82, 2.24) is 20.4 Å². The van der Waals surface area contributed by atoms with E-state index in [0.29, 0.717) is 50.5 Å². The Bertz CT molecular complexity index is 733. The SMILES string of the molecule is CC(C)NC(=O)C1CCN(C(=O)CCc2nc(-c3cccs3)no2)CC1. The largest absolute Gasteiger partial charge is 0.354 e. The number of carbonyl (C=O) groups is 2. The lowest BCUT2D eigenvalue weighted by atomic mass is 9.95. The van der Waals surface area contributed by atoms with Gasteiger partial charge in [-0.05, 0) is 38.1 Å². The van der Waals surface area contributed by atoms with Crippen LogP contribution in [0.15, 0.2) is 22.0 Å². The molecule has 3 heterocycles. The molecule has 0 aliphatic carbocycles. The molecule has 1 aliphatic heterocycles. The maximum Gasteiger partial charge on any atom is 0.227 e. The van der Waals surface area contributed by atoms with E-state index in [0.717, 1.165) is 4.88 Å². The number of amides is 2. The summed E-state index contributed by atoms with van der Waals surface area (Å²) in [6.45, 7) is 5.16. The van der Waals surface area contributed by atoms with E-state index in [-0.39, 0.29) is 23.8 Å². The number of hydrogen-bond donors (Lipinski definition) is 1. The van der Waals surface area contributed by atoms with Crippen LogP contribution in [-0.4, -0.2) is 46.0 Å². The number of aromatic nitrogens is 2. The molecule has 1 N–H and O–H groups in total. The number of likely N-dealkylation sites (tertiary alicyclic amines) is 1. The van der Waals surface area contributed by atoms with Gasteiger partial charge in [0.15, 0.2) is 0 Å². The minimum Gasteiger partial charge on any atom is -0.354 e. The second-order valence-electron chi connectivity index (χ2n) is 6.81. The first-order valence-corrected chi connectivity index (χ1v) is 9.85. The van der Waals surface area contributed by atoms with E-state index in [9.17, 15) is 9.59 Å². The summed E-state index contributed by atoms with van der Waals surface area (Å²) in [6, 6.07) is 4.02. The monoisotopic (exact) mass is 376 g/mol. The summed E-state index contributed by atoms with van der Waals surface area (Å²) in [6.07, 6.45) is 2.21. The van der Waals surface area contributed by atoms with Crippen LogP contribution in [0.4, 0.5) is 0 Å². The second kappa shape index (κ2) is 8.44. The Labute approximate surface area is 156 Å². The first kappa shape index (κ1) is 18.6. The predicted octanol–water partition coefficient (Wildman–Crippen LogP) is 2.49. The molecule has 1 aliphatic rings. The minimum atomic E-state index is 0.00532. The van der Waals surface area contributed by atoms with Crippen molar-refractivity contribution in [2.45, 2.75) is 45.6 Å². The summed E-state index contributed by atoms with van der Waals surface area (Å²) >= 11 is 1.55. The molecule has 0 aromatic carbocycles. The molecule has 26 heavy (non-hydrogen) atoms.